The standard InChI is InChI=1S/C14H16N4O2S/c1-3-9(2)17-14(20)12-10(4-7-21-12)18-13(19)11-8-15-5-6-16-11/h4-9H,3H2,1-2H3,(H,17,20)(H,18,19)/t9-/m1/s1. The molecular formula is C14H16N4O2S. The van der Waals surface area contributed by atoms with Gasteiger partial charge in [0, 0.05) is 18.4 Å². The van der Waals surface area contributed by atoms with Crippen molar-refractivity contribution in [3.63, 3.8) is 0 Å². The van der Waals surface area contributed by atoms with Crippen LogP contribution >= 0.6 is 11.3 Å². The Morgan fingerprint density at radius 1 is 1.33 bits per heavy atom. The van der Waals surface area contributed by atoms with Gasteiger partial charge in [-0.1, -0.05) is 6.92 Å². The van der Waals surface area contributed by atoms with Crippen molar-refractivity contribution in [2.24, 2.45) is 0 Å². The zero-order valence-corrected chi connectivity index (χ0v) is 12.6. The molecule has 2 rings (SSSR count). The molecule has 0 fully saturated rings. The zero-order chi connectivity index (χ0) is 15.2. The second-order valence-electron chi connectivity index (χ2n) is 4.49. The smallest absolute Gasteiger partial charge is 0.275 e. The van der Waals surface area contributed by atoms with E-state index in [0.717, 1.165) is 6.42 Å². The van der Waals surface area contributed by atoms with Gasteiger partial charge in [-0.3, -0.25) is 14.6 Å². The van der Waals surface area contributed by atoms with E-state index in [-0.39, 0.29) is 23.6 Å². The number of carbonyl (C=O) groups is 2. The van der Waals surface area contributed by atoms with Crippen LogP contribution in [0.2, 0.25) is 0 Å². The SMILES string of the molecule is CC[C@@H](C)NC(=O)c1sccc1NC(=O)c1cnccn1. The molecule has 0 aromatic carbocycles. The first kappa shape index (κ1) is 15.1. The number of nitrogens with one attached hydrogen (secondary N) is 2. The minimum atomic E-state index is -0.390. The van der Waals surface area contributed by atoms with Gasteiger partial charge in [-0.2, -0.15) is 0 Å². The first-order chi connectivity index (χ1) is 10.1. The normalized spacial score (nSPS) is 11.7. The fraction of sp³-hybridized carbons (Fsp3) is 0.286. The van der Waals surface area contributed by atoms with Crippen LogP contribution in [0.25, 0.3) is 0 Å². The minimum Gasteiger partial charge on any atom is -0.349 e. The van der Waals surface area contributed by atoms with Crippen molar-refractivity contribution >= 4 is 28.8 Å². The summed E-state index contributed by atoms with van der Waals surface area (Å²) in [6.07, 6.45) is 5.16. The molecular weight excluding hydrogens is 288 g/mol. The summed E-state index contributed by atoms with van der Waals surface area (Å²) in [5, 5.41) is 7.33. The molecule has 2 amide bonds. The van der Waals surface area contributed by atoms with E-state index >= 15 is 0 Å². The lowest BCUT2D eigenvalue weighted by Gasteiger charge is -2.11. The summed E-state index contributed by atoms with van der Waals surface area (Å²) in [4.78, 5) is 32.4. The van der Waals surface area contributed by atoms with E-state index in [1.54, 1.807) is 11.4 Å². The molecule has 7 heteroatoms. The Labute approximate surface area is 126 Å². The van der Waals surface area contributed by atoms with Crippen LogP contribution in [-0.2, 0) is 0 Å². The third-order valence-corrected chi connectivity index (χ3v) is 3.82. The van der Waals surface area contributed by atoms with Crippen LogP contribution in [0.5, 0.6) is 0 Å². The third-order valence-electron chi connectivity index (χ3n) is 2.91. The monoisotopic (exact) mass is 304 g/mol. The first-order valence-corrected chi connectivity index (χ1v) is 7.45. The van der Waals surface area contributed by atoms with Crippen LogP contribution in [-0.4, -0.2) is 27.8 Å². The van der Waals surface area contributed by atoms with Crippen LogP contribution < -0.4 is 10.6 Å². The molecule has 110 valence electrons. The lowest BCUT2D eigenvalue weighted by atomic mass is 10.2. The molecule has 2 aromatic rings. The molecule has 0 aliphatic rings. The van der Waals surface area contributed by atoms with Gasteiger partial charge in [-0.05, 0) is 24.8 Å². The van der Waals surface area contributed by atoms with Crippen molar-refractivity contribution in [1.29, 1.82) is 0 Å². The molecule has 0 saturated carbocycles. The molecule has 2 aromatic heterocycles. The predicted octanol–water partition coefficient (Wildman–Crippen LogP) is 2.32. The van der Waals surface area contributed by atoms with E-state index in [0.29, 0.717) is 10.6 Å². The van der Waals surface area contributed by atoms with Gasteiger partial charge in [-0.25, -0.2) is 4.98 Å². The van der Waals surface area contributed by atoms with Gasteiger partial charge in [0.1, 0.15) is 10.6 Å². The molecule has 6 nitrogen and oxygen atoms in total. The average molecular weight is 304 g/mol. The molecule has 0 unspecified atom stereocenters. The summed E-state index contributed by atoms with van der Waals surface area (Å²) in [7, 11) is 0. The van der Waals surface area contributed by atoms with E-state index in [1.165, 1.54) is 29.9 Å². The summed E-state index contributed by atoms with van der Waals surface area (Å²) < 4.78 is 0. The van der Waals surface area contributed by atoms with Crippen molar-refractivity contribution in [2.75, 3.05) is 5.32 Å². The summed E-state index contributed by atoms with van der Waals surface area (Å²) in [5.74, 6) is -0.576. The van der Waals surface area contributed by atoms with Crippen molar-refractivity contribution in [1.82, 2.24) is 15.3 Å². The van der Waals surface area contributed by atoms with E-state index in [4.69, 9.17) is 0 Å². The number of nitrogens with zero attached hydrogens (tertiary/aromatic N) is 2. The predicted molar refractivity (Wildman–Crippen MR) is 81.5 cm³/mol. The van der Waals surface area contributed by atoms with Gasteiger partial charge >= 0.3 is 0 Å². The third kappa shape index (κ3) is 3.85. The van der Waals surface area contributed by atoms with Crippen LogP contribution in [0.1, 0.15) is 40.4 Å². The van der Waals surface area contributed by atoms with Crippen LogP contribution in [0.15, 0.2) is 30.0 Å². The number of aromatic nitrogens is 2. The Morgan fingerprint density at radius 3 is 2.81 bits per heavy atom. The Kier molecular flexibility index (Phi) is 4.99. The van der Waals surface area contributed by atoms with Gasteiger partial charge in [0.05, 0.1) is 11.9 Å². The van der Waals surface area contributed by atoms with Gasteiger partial charge in [0.15, 0.2) is 0 Å². The first-order valence-electron chi connectivity index (χ1n) is 6.57. The summed E-state index contributed by atoms with van der Waals surface area (Å²) in [6.45, 7) is 3.93. The highest BCUT2D eigenvalue weighted by Crippen LogP contribution is 2.22. The molecule has 0 radical (unpaired) electrons. The highest BCUT2D eigenvalue weighted by molar-refractivity contribution is 7.12. The lowest BCUT2D eigenvalue weighted by molar-refractivity contribution is 0.0944. The largest absolute Gasteiger partial charge is 0.349 e. The molecule has 0 bridgehead atoms. The topological polar surface area (TPSA) is 84.0 Å². The Morgan fingerprint density at radius 2 is 2.14 bits per heavy atom. The van der Waals surface area contributed by atoms with Crippen molar-refractivity contribution in [3.8, 4) is 0 Å². The molecule has 2 heterocycles. The number of carbonyl (C=O) groups excluding carboxylic acids is 2. The number of rotatable bonds is 5. The summed E-state index contributed by atoms with van der Waals surface area (Å²) in [6, 6.07) is 1.79. The van der Waals surface area contributed by atoms with Crippen molar-refractivity contribution < 1.29 is 9.59 Å². The van der Waals surface area contributed by atoms with E-state index in [9.17, 15) is 9.59 Å². The number of thiophene rings is 1. The molecule has 0 spiro atoms. The van der Waals surface area contributed by atoms with E-state index in [1.807, 2.05) is 13.8 Å². The molecule has 0 aliphatic heterocycles. The second kappa shape index (κ2) is 6.94. The van der Waals surface area contributed by atoms with Gasteiger partial charge in [0.2, 0.25) is 0 Å². The summed E-state index contributed by atoms with van der Waals surface area (Å²) in [5.41, 5.74) is 0.688. The highest BCUT2D eigenvalue weighted by atomic mass is 32.1. The van der Waals surface area contributed by atoms with Crippen LogP contribution in [0, 0.1) is 0 Å². The lowest BCUT2D eigenvalue weighted by Crippen LogP contribution is -2.32. The Balaban J connectivity index is 2.10. The maximum Gasteiger partial charge on any atom is 0.275 e. The Hall–Kier alpha value is -2.28. The fourth-order valence-corrected chi connectivity index (χ4v) is 2.33. The molecule has 1 atom stereocenters. The van der Waals surface area contributed by atoms with Gasteiger partial charge in [-0.15, -0.1) is 11.3 Å². The van der Waals surface area contributed by atoms with Gasteiger partial charge < -0.3 is 10.6 Å². The highest BCUT2D eigenvalue weighted by Gasteiger charge is 2.17. The van der Waals surface area contributed by atoms with Crippen molar-refractivity contribution in [2.45, 2.75) is 26.3 Å². The van der Waals surface area contributed by atoms with E-state index < -0.39 is 0 Å². The molecule has 0 saturated heterocycles. The summed E-state index contributed by atoms with van der Waals surface area (Å²) >= 11 is 1.28. The molecule has 0 aliphatic carbocycles. The zero-order valence-electron chi connectivity index (χ0n) is 11.8. The molecule has 21 heavy (non-hydrogen) atoms. The number of amides is 2. The Bertz CT molecular complexity index is 627. The van der Waals surface area contributed by atoms with Crippen molar-refractivity contribution in [3.05, 3.63) is 40.6 Å². The van der Waals surface area contributed by atoms with Gasteiger partial charge in [0.25, 0.3) is 11.8 Å². The quantitative estimate of drug-likeness (QED) is 0.888. The minimum absolute atomic E-state index is 0.0862. The number of anilines is 1. The van der Waals surface area contributed by atoms with Crippen LogP contribution in [0.4, 0.5) is 5.69 Å². The maximum absolute atomic E-state index is 12.1. The average Bonchev–Trinajstić information content (AvgIpc) is 2.96. The second-order valence-corrected chi connectivity index (χ2v) is 5.41. The molecule has 2 N–H and O–H groups in total. The number of hydrogen-bond acceptors (Lipinski definition) is 5. The number of hydrogen-bond donors (Lipinski definition) is 2. The maximum atomic E-state index is 12.1. The van der Waals surface area contributed by atoms with Crippen LogP contribution in [0.3, 0.4) is 0 Å². The fourth-order valence-electron chi connectivity index (χ4n) is 1.58. The van der Waals surface area contributed by atoms with E-state index in [2.05, 4.69) is 20.6 Å².